The van der Waals surface area contributed by atoms with Gasteiger partial charge in [-0.05, 0) is 29.8 Å². The van der Waals surface area contributed by atoms with Crippen LogP contribution in [0.1, 0.15) is 15.9 Å². The van der Waals surface area contributed by atoms with Gasteiger partial charge in [0.2, 0.25) is 0 Å². The zero-order valence-electron chi connectivity index (χ0n) is 10.9. The summed E-state index contributed by atoms with van der Waals surface area (Å²) >= 11 is 0. The molecule has 1 heterocycles. The number of aromatic nitrogens is 1. The highest BCUT2D eigenvalue weighted by Gasteiger charge is 2.09. The monoisotopic (exact) mass is 290 g/mol. The van der Waals surface area contributed by atoms with E-state index >= 15 is 0 Å². The van der Waals surface area contributed by atoms with E-state index in [1.807, 2.05) is 0 Å². The number of amides is 1. The van der Waals surface area contributed by atoms with Crippen LogP contribution in [-0.4, -0.2) is 25.6 Å². The molecule has 104 valence electrons. The van der Waals surface area contributed by atoms with Crippen molar-refractivity contribution in [2.24, 2.45) is 0 Å². The first-order chi connectivity index (χ1) is 9.44. The van der Waals surface area contributed by atoms with Crippen LogP contribution in [0.5, 0.6) is 0 Å². The van der Waals surface area contributed by atoms with Gasteiger partial charge in [-0.3, -0.25) is 9.78 Å². The van der Waals surface area contributed by atoms with Gasteiger partial charge in [0.15, 0.2) is 9.84 Å². The zero-order chi connectivity index (χ0) is 14.6. The van der Waals surface area contributed by atoms with Gasteiger partial charge in [0.05, 0.1) is 5.75 Å². The lowest BCUT2D eigenvalue weighted by atomic mass is 10.1. The summed E-state index contributed by atoms with van der Waals surface area (Å²) in [6.07, 6.45) is 4.32. The van der Waals surface area contributed by atoms with E-state index in [0.717, 1.165) is 6.26 Å². The van der Waals surface area contributed by atoms with Crippen molar-refractivity contribution in [3.8, 4) is 0 Å². The quantitative estimate of drug-likeness (QED) is 0.932. The van der Waals surface area contributed by atoms with Crippen molar-refractivity contribution in [3.63, 3.8) is 0 Å². The van der Waals surface area contributed by atoms with Crippen molar-refractivity contribution < 1.29 is 13.2 Å². The number of carbonyl (C=O) groups is 1. The molecule has 1 amide bonds. The number of pyridine rings is 1. The van der Waals surface area contributed by atoms with Crippen LogP contribution in [0.2, 0.25) is 0 Å². The van der Waals surface area contributed by atoms with Crippen LogP contribution in [0.25, 0.3) is 0 Å². The Morgan fingerprint density at radius 1 is 1.20 bits per heavy atom. The molecule has 0 saturated carbocycles. The van der Waals surface area contributed by atoms with Crippen LogP contribution in [0.4, 0.5) is 5.69 Å². The number of nitrogens with one attached hydrogen (secondary N) is 1. The first-order valence-corrected chi connectivity index (χ1v) is 7.98. The van der Waals surface area contributed by atoms with E-state index in [0.29, 0.717) is 16.8 Å². The lowest BCUT2D eigenvalue weighted by Crippen LogP contribution is -2.12. The third-order valence-corrected chi connectivity index (χ3v) is 3.41. The molecule has 0 fully saturated rings. The summed E-state index contributed by atoms with van der Waals surface area (Å²) < 4.78 is 22.5. The Bertz CT molecular complexity index is 712. The van der Waals surface area contributed by atoms with Gasteiger partial charge < -0.3 is 5.32 Å². The minimum Gasteiger partial charge on any atom is -0.322 e. The normalized spacial score (nSPS) is 11.1. The molecule has 0 bridgehead atoms. The van der Waals surface area contributed by atoms with E-state index in [1.54, 1.807) is 48.8 Å². The molecule has 6 heteroatoms. The fraction of sp³-hybridized carbons (Fsp3) is 0.143. The Balaban J connectivity index is 2.16. The molecule has 0 unspecified atom stereocenters. The molecule has 0 radical (unpaired) electrons. The zero-order valence-corrected chi connectivity index (χ0v) is 11.7. The predicted octanol–water partition coefficient (Wildman–Crippen LogP) is 1.88. The van der Waals surface area contributed by atoms with Gasteiger partial charge in [0.1, 0.15) is 0 Å². The number of nitrogens with zero attached hydrogens (tertiary/aromatic N) is 1. The number of sulfone groups is 1. The predicted molar refractivity (Wildman–Crippen MR) is 77.2 cm³/mol. The second kappa shape index (κ2) is 5.83. The minimum atomic E-state index is -3.12. The molecule has 5 nitrogen and oxygen atoms in total. The highest BCUT2D eigenvalue weighted by atomic mass is 32.2. The molecule has 2 rings (SSSR count). The SMILES string of the molecule is CS(=O)(=O)Cc1cccc(C(=O)Nc2ccncc2)c1. The van der Waals surface area contributed by atoms with Crippen molar-refractivity contribution in [1.82, 2.24) is 4.98 Å². The maximum absolute atomic E-state index is 12.1. The second-order valence-corrected chi connectivity index (χ2v) is 6.60. The molecule has 0 aliphatic carbocycles. The van der Waals surface area contributed by atoms with Gasteiger partial charge in [-0.25, -0.2) is 8.42 Å². The second-order valence-electron chi connectivity index (χ2n) is 4.46. The van der Waals surface area contributed by atoms with Crippen molar-refractivity contribution in [2.75, 3.05) is 11.6 Å². The van der Waals surface area contributed by atoms with E-state index in [2.05, 4.69) is 10.3 Å². The van der Waals surface area contributed by atoms with Gasteiger partial charge in [0, 0.05) is 29.9 Å². The number of rotatable bonds is 4. The first-order valence-electron chi connectivity index (χ1n) is 5.92. The Morgan fingerprint density at radius 2 is 1.90 bits per heavy atom. The lowest BCUT2D eigenvalue weighted by Gasteiger charge is -2.06. The van der Waals surface area contributed by atoms with Crippen molar-refractivity contribution in [1.29, 1.82) is 0 Å². The number of carbonyl (C=O) groups excluding carboxylic acids is 1. The molecule has 0 atom stereocenters. The average molecular weight is 290 g/mol. The fourth-order valence-corrected chi connectivity index (χ4v) is 2.53. The van der Waals surface area contributed by atoms with E-state index in [-0.39, 0.29) is 11.7 Å². The van der Waals surface area contributed by atoms with Crippen LogP contribution in [0.3, 0.4) is 0 Å². The molecule has 0 saturated heterocycles. The van der Waals surface area contributed by atoms with Crippen molar-refractivity contribution >= 4 is 21.4 Å². The summed E-state index contributed by atoms with van der Waals surface area (Å²) in [5.74, 6) is -0.366. The summed E-state index contributed by atoms with van der Waals surface area (Å²) in [7, 11) is -3.12. The Morgan fingerprint density at radius 3 is 2.55 bits per heavy atom. The smallest absolute Gasteiger partial charge is 0.255 e. The van der Waals surface area contributed by atoms with Crippen molar-refractivity contribution in [2.45, 2.75) is 5.75 Å². The molecule has 0 spiro atoms. The maximum atomic E-state index is 12.1. The summed E-state index contributed by atoms with van der Waals surface area (Å²) in [5.41, 5.74) is 1.65. The van der Waals surface area contributed by atoms with Crippen LogP contribution in [0.15, 0.2) is 48.8 Å². The standard InChI is InChI=1S/C14H14N2O3S/c1-20(18,19)10-11-3-2-4-12(9-11)14(17)16-13-5-7-15-8-6-13/h2-9H,10H2,1H3,(H,15,16,17). The van der Waals surface area contributed by atoms with E-state index < -0.39 is 9.84 Å². The Kier molecular flexibility index (Phi) is 4.14. The van der Waals surface area contributed by atoms with E-state index in [4.69, 9.17) is 0 Å². The third kappa shape index (κ3) is 4.17. The Labute approximate surface area is 117 Å². The number of anilines is 1. The topological polar surface area (TPSA) is 76.1 Å². The van der Waals surface area contributed by atoms with Gasteiger partial charge in [-0.1, -0.05) is 12.1 Å². The van der Waals surface area contributed by atoms with Crippen LogP contribution in [0, 0.1) is 0 Å². The van der Waals surface area contributed by atoms with Crippen molar-refractivity contribution in [3.05, 3.63) is 59.9 Å². The molecule has 1 aromatic heterocycles. The third-order valence-electron chi connectivity index (χ3n) is 2.56. The number of benzene rings is 1. The molecule has 1 aromatic carbocycles. The molecule has 1 N–H and O–H groups in total. The maximum Gasteiger partial charge on any atom is 0.255 e. The molecule has 2 aromatic rings. The van der Waals surface area contributed by atoms with Crippen LogP contribution >= 0.6 is 0 Å². The highest BCUT2D eigenvalue weighted by molar-refractivity contribution is 7.89. The van der Waals surface area contributed by atoms with E-state index in [9.17, 15) is 13.2 Å². The highest BCUT2D eigenvalue weighted by Crippen LogP contribution is 2.11. The number of hydrogen-bond donors (Lipinski definition) is 1. The average Bonchev–Trinajstić information content (AvgIpc) is 2.38. The molecule has 0 aliphatic heterocycles. The minimum absolute atomic E-state index is 0.0800. The summed E-state index contributed by atoms with van der Waals surface area (Å²) in [4.78, 5) is 15.9. The van der Waals surface area contributed by atoms with Gasteiger partial charge in [0.25, 0.3) is 5.91 Å². The molecular weight excluding hydrogens is 276 g/mol. The van der Waals surface area contributed by atoms with Crippen LogP contribution < -0.4 is 5.32 Å². The summed E-state index contributed by atoms with van der Waals surface area (Å²) in [6.45, 7) is 0. The van der Waals surface area contributed by atoms with E-state index in [1.165, 1.54) is 0 Å². The fourth-order valence-electron chi connectivity index (χ4n) is 1.74. The summed E-state index contributed by atoms with van der Waals surface area (Å²) in [5, 5.41) is 2.72. The van der Waals surface area contributed by atoms with Gasteiger partial charge in [-0.15, -0.1) is 0 Å². The molecule has 0 aliphatic rings. The first kappa shape index (κ1) is 14.2. The Hall–Kier alpha value is -2.21. The largest absolute Gasteiger partial charge is 0.322 e. The van der Waals surface area contributed by atoms with Gasteiger partial charge in [-0.2, -0.15) is 0 Å². The number of hydrogen-bond acceptors (Lipinski definition) is 4. The van der Waals surface area contributed by atoms with Gasteiger partial charge >= 0.3 is 0 Å². The summed E-state index contributed by atoms with van der Waals surface area (Å²) in [6, 6.07) is 9.93. The molecular formula is C14H14N2O3S. The lowest BCUT2D eigenvalue weighted by molar-refractivity contribution is 0.102. The van der Waals surface area contributed by atoms with Crippen LogP contribution in [-0.2, 0) is 15.6 Å². The molecule has 20 heavy (non-hydrogen) atoms.